The molecule has 0 aliphatic heterocycles. The number of aliphatic hydroxyl groups is 1. The minimum absolute atomic E-state index is 0.230. The fourth-order valence-electron chi connectivity index (χ4n) is 0.406. The first-order valence-corrected chi connectivity index (χ1v) is 3.50. The van der Waals surface area contributed by atoms with E-state index in [0.29, 0.717) is 6.42 Å². The molecule has 0 radical (unpaired) electrons. The van der Waals surface area contributed by atoms with Crippen LogP contribution in [-0.4, -0.2) is 23.2 Å². The van der Waals surface area contributed by atoms with Crippen LogP contribution in [0.5, 0.6) is 0 Å². The van der Waals surface area contributed by atoms with Crippen LogP contribution in [0.25, 0.3) is 0 Å². The molecule has 60 valence electrons. The van der Waals surface area contributed by atoms with Gasteiger partial charge in [0.2, 0.25) is 0 Å². The Balaban J connectivity index is 3.57. The second-order valence-electron chi connectivity index (χ2n) is 2.34. The third-order valence-electron chi connectivity index (χ3n) is 1.33. The summed E-state index contributed by atoms with van der Waals surface area (Å²) in [6.07, 6.45) is -0.198. The van der Waals surface area contributed by atoms with E-state index in [0.717, 1.165) is 0 Å². The van der Waals surface area contributed by atoms with E-state index in [1.807, 2.05) is 6.92 Å². The lowest BCUT2D eigenvalue weighted by Crippen LogP contribution is -2.25. The maximum atomic E-state index is 8.94. The summed E-state index contributed by atoms with van der Waals surface area (Å²) >= 11 is 0. The summed E-state index contributed by atoms with van der Waals surface area (Å²) in [6.45, 7) is 5.24. The topological polar surface area (TPSA) is 53.3 Å². The zero-order chi connectivity index (χ0) is 8.15. The van der Waals surface area contributed by atoms with Gasteiger partial charge in [0, 0.05) is 6.42 Å². The van der Waals surface area contributed by atoms with Gasteiger partial charge in [-0.1, -0.05) is 6.92 Å². The molecule has 0 aliphatic carbocycles. The lowest BCUT2D eigenvalue weighted by atomic mass is 10.2. The maximum Gasteiger partial charge on any atom is 0.180 e. The Kier molecular flexibility index (Phi) is 4.03. The predicted octanol–water partition coefficient (Wildman–Crippen LogP) is 1.16. The number of rotatable bonds is 3. The van der Waals surface area contributed by atoms with Gasteiger partial charge in [0.05, 0.1) is 6.10 Å². The fraction of sp³-hybridized carbons (Fsp3) is 0.857. The molecule has 0 aliphatic rings. The van der Waals surface area contributed by atoms with Crippen LogP contribution in [0.1, 0.15) is 27.2 Å². The van der Waals surface area contributed by atoms with Crippen LogP contribution >= 0.6 is 0 Å². The second-order valence-corrected chi connectivity index (χ2v) is 2.34. The molecule has 10 heavy (non-hydrogen) atoms. The molecule has 0 amide bonds. The van der Waals surface area contributed by atoms with Gasteiger partial charge in [0.15, 0.2) is 5.90 Å². The van der Waals surface area contributed by atoms with Crippen molar-refractivity contribution in [1.29, 1.82) is 5.41 Å². The second kappa shape index (κ2) is 4.28. The molecule has 0 rings (SSSR count). The molecular formula is C7H15NO2. The first-order chi connectivity index (χ1) is 4.57. The highest BCUT2D eigenvalue weighted by atomic mass is 16.5. The van der Waals surface area contributed by atoms with Gasteiger partial charge in [-0.3, -0.25) is 5.41 Å². The van der Waals surface area contributed by atoms with E-state index in [2.05, 4.69) is 0 Å². The van der Waals surface area contributed by atoms with Crippen LogP contribution in [0.3, 0.4) is 0 Å². The molecule has 0 aromatic carbocycles. The molecule has 0 spiro atoms. The SMILES string of the molecule is CCC(=N)OC(C)C(C)O. The third kappa shape index (κ3) is 3.45. The maximum absolute atomic E-state index is 8.94. The predicted molar refractivity (Wildman–Crippen MR) is 40.2 cm³/mol. The van der Waals surface area contributed by atoms with Gasteiger partial charge < -0.3 is 9.84 Å². The molecule has 2 N–H and O–H groups in total. The van der Waals surface area contributed by atoms with Crippen molar-refractivity contribution in [3.63, 3.8) is 0 Å². The molecule has 3 heteroatoms. The largest absolute Gasteiger partial charge is 0.476 e. The van der Waals surface area contributed by atoms with Gasteiger partial charge in [-0.15, -0.1) is 0 Å². The Morgan fingerprint density at radius 2 is 2.10 bits per heavy atom. The van der Waals surface area contributed by atoms with Gasteiger partial charge >= 0.3 is 0 Å². The smallest absolute Gasteiger partial charge is 0.180 e. The van der Waals surface area contributed by atoms with E-state index in [1.54, 1.807) is 13.8 Å². The van der Waals surface area contributed by atoms with Crippen molar-refractivity contribution in [3.8, 4) is 0 Å². The number of hydrogen-bond donors (Lipinski definition) is 2. The first-order valence-electron chi connectivity index (χ1n) is 3.50. The molecule has 2 atom stereocenters. The lowest BCUT2D eigenvalue weighted by molar-refractivity contribution is 0.0502. The number of aliphatic hydroxyl groups excluding tert-OH is 1. The van der Waals surface area contributed by atoms with Gasteiger partial charge in [-0.25, -0.2) is 0 Å². The van der Waals surface area contributed by atoms with Gasteiger partial charge in [-0.05, 0) is 13.8 Å². The summed E-state index contributed by atoms with van der Waals surface area (Å²) in [6, 6.07) is 0. The molecule has 0 bridgehead atoms. The van der Waals surface area contributed by atoms with Gasteiger partial charge in [-0.2, -0.15) is 0 Å². The van der Waals surface area contributed by atoms with E-state index < -0.39 is 6.10 Å². The first kappa shape index (κ1) is 9.43. The molecular weight excluding hydrogens is 130 g/mol. The monoisotopic (exact) mass is 145 g/mol. The highest BCUT2D eigenvalue weighted by Gasteiger charge is 2.10. The molecule has 0 aromatic heterocycles. The third-order valence-corrected chi connectivity index (χ3v) is 1.33. The minimum atomic E-state index is -0.508. The van der Waals surface area contributed by atoms with Crippen LogP contribution in [0.2, 0.25) is 0 Å². The zero-order valence-electron chi connectivity index (χ0n) is 6.72. The van der Waals surface area contributed by atoms with Crippen LogP contribution in [-0.2, 0) is 4.74 Å². The van der Waals surface area contributed by atoms with Crippen molar-refractivity contribution in [3.05, 3.63) is 0 Å². The summed E-state index contributed by atoms with van der Waals surface area (Å²) in [5.41, 5.74) is 0. The van der Waals surface area contributed by atoms with Gasteiger partial charge in [0.1, 0.15) is 6.10 Å². The highest BCUT2D eigenvalue weighted by molar-refractivity contribution is 5.72. The van der Waals surface area contributed by atoms with E-state index in [4.69, 9.17) is 15.3 Å². The Morgan fingerprint density at radius 3 is 2.40 bits per heavy atom. The zero-order valence-corrected chi connectivity index (χ0v) is 6.72. The summed E-state index contributed by atoms with van der Waals surface area (Å²) in [5.74, 6) is 0.230. The van der Waals surface area contributed by atoms with Crippen molar-refractivity contribution in [2.75, 3.05) is 0 Å². The van der Waals surface area contributed by atoms with Crippen molar-refractivity contribution < 1.29 is 9.84 Å². The van der Waals surface area contributed by atoms with E-state index in [-0.39, 0.29) is 12.0 Å². The van der Waals surface area contributed by atoms with Gasteiger partial charge in [0.25, 0.3) is 0 Å². The molecule has 0 saturated carbocycles. The molecule has 0 saturated heterocycles. The molecule has 0 aromatic rings. The summed E-state index contributed by atoms with van der Waals surface area (Å²) in [7, 11) is 0. The van der Waals surface area contributed by atoms with Crippen molar-refractivity contribution in [2.24, 2.45) is 0 Å². The van der Waals surface area contributed by atoms with Crippen molar-refractivity contribution >= 4 is 5.90 Å². The molecule has 3 nitrogen and oxygen atoms in total. The van der Waals surface area contributed by atoms with Crippen molar-refractivity contribution in [2.45, 2.75) is 39.4 Å². The Morgan fingerprint density at radius 1 is 1.60 bits per heavy atom. The molecule has 0 heterocycles. The summed E-state index contributed by atoms with van der Waals surface area (Å²) in [5, 5.41) is 16.1. The Bertz CT molecular complexity index is 112. The highest BCUT2D eigenvalue weighted by Crippen LogP contribution is 1.99. The standard InChI is InChI=1S/C7H15NO2/c1-4-7(8)10-6(3)5(2)9/h5-6,8-9H,4H2,1-3H3. The minimum Gasteiger partial charge on any atom is -0.476 e. The number of hydrogen-bond acceptors (Lipinski definition) is 3. The van der Waals surface area contributed by atoms with E-state index in [9.17, 15) is 0 Å². The Labute approximate surface area is 61.5 Å². The lowest BCUT2D eigenvalue weighted by Gasteiger charge is -2.16. The number of nitrogens with one attached hydrogen (secondary N) is 1. The molecule has 2 unspecified atom stereocenters. The quantitative estimate of drug-likeness (QED) is 0.462. The fourth-order valence-corrected chi connectivity index (χ4v) is 0.406. The van der Waals surface area contributed by atoms with E-state index >= 15 is 0 Å². The summed E-state index contributed by atoms with van der Waals surface area (Å²) < 4.78 is 4.99. The molecule has 0 fully saturated rings. The van der Waals surface area contributed by atoms with Crippen LogP contribution < -0.4 is 0 Å². The van der Waals surface area contributed by atoms with Crippen LogP contribution in [0, 0.1) is 5.41 Å². The van der Waals surface area contributed by atoms with Crippen LogP contribution in [0.4, 0.5) is 0 Å². The van der Waals surface area contributed by atoms with Crippen LogP contribution in [0.15, 0.2) is 0 Å². The normalized spacial score (nSPS) is 16.0. The number of ether oxygens (including phenoxy) is 1. The van der Waals surface area contributed by atoms with E-state index in [1.165, 1.54) is 0 Å². The average molecular weight is 145 g/mol. The summed E-state index contributed by atoms with van der Waals surface area (Å²) in [4.78, 5) is 0. The average Bonchev–Trinajstić information content (AvgIpc) is 1.87. The van der Waals surface area contributed by atoms with Crippen molar-refractivity contribution in [1.82, 2.24) is 0 Å². The Hall–Kier alpha value is -0.570.